The van der Waals surface area contributed by atoms with Crippen molar-refractivity contribution in [2.45, 2.75) is 12.5 Å². The Labute approximate surface area is 124 Å². The number of hydrogen-bond acceptors (Lipinski definition) is 5. The number of imide groups is 1. The minimum Gasteiger partial charge on any atom is -0.467 e. The molecule has 7 heteroatoms. The maximum Gasteiger partial charge on any atom is 0.329 e. The molecule has 6 nitrogen and oxygen atoms in total. The van der Waals surface area contributed by atoms with E-state index >= 15 is 0 Å². The molecule has 0 fully saturated rings. The van der Waals surface area contributed by atoms with Crippen LogP contribution in [0.25, 0.3) is 0 Å². The van der Waals surface area contributed by atoms with Gasteiger partial charge in [0.05, 0.1) is 18.2 Å². The highest BCUT2D eigenvalue weighted by molar-refractivity contribution is 7.84. The third-order valence-electron chi connectivity index (χ3n) is 3.29. The standard InChI is InChI=1S/C14H15NO5S/c1-20-14(18)11(7-8-21(2)19)15-12(16)9-5-3-4-6-10(9)13(15)17/h3-6,11H,7-8H2,1-2H3/t11-,21+/m0/s1. The summed E-state index contributed by atoms with van der Waals surface area (Å²) in [5, 5.41) is 0. The van der Waals surface area contributed by atoms with Crippen LogP contribution in [0.5, 0.6) is 0 Å². The zero-order valence-corrected chi connectivity index (χ0v) is 12.5. The summed E-state index contributed by atoms with van der Waals surface area (Å²) in [6.07, 6.45) is 1.61. The van der Waals surface area contributed by atoms with Crippen molar-refractivity contribution in [3.63, 3.8) is 0 Å². The molecule has 0 aliphatic carbocycles. The molecule has 21 heavy (non-hydrogen) atoms. The molecule has 0 saturated heterocycles. The summed E-state index contributed by atoms with van der Waals surface area (Å²) in [6.45, 7) is 0. The van der Waals surface area contributed by atoms with Crippen molar-refractivity contribution in [2.75, 3.05) is 19.1 Å². The van der Waals surface area contributed by atoms with Gasteiger partial charge in [-0.1, -0.05) is 12.1 Å². The predicted molar refractivity (Wildman–Crippen MR) is 76.3 cm³/mol. The van der Waals surface area contributed by atoms with Gasteiger partial charge >= 0.3 is 5.97 Å². The minimum absolute atomic E-state index is 0.112. The lowest BCUT2D eigenvalue weighted by Gasteiger charge is -2.23. The summed E-state index contributed by atoms with van der Waals surface area (Å²) < 4.78 is 15.9. The van der Waals surface area contributed by atoms with E-state index in [1.54, 1.807) is 24.3 Å². The van der Waals surface area contributed by atoms with Crippen molar-refractivity contribution in [3.05, 3.63) is 35.4 Å². The Morgan fingerprint density at radius 3 is 2.19 bits per heavy atom. The van der Waals surface area contributed by atoms with Gasteiger partial charge in [0.15, 0.2) is 0 Å². The van der Waals surface area contributed by atoms with Crippen LogP contribution in [0.3, 0.4) is 0 Å². The van der Waals surface area contributed by atoms with Gasteiger partial charge in [0, 0.05) is 22.8 Å². The van der Waals surface area contributed by atoms with Crippen LogP contribution in [0.4, 0.5) is 0 Å². The van der Waals surface area contributed by atoms with E-state index in [2.05, 4.69) is 4.74 Å². The third kappa shape index (κ3) is 2.87. The molecule has 0 radical (unpaired) electrons. The molecule has 0 saturated carbocycles. The number of carbonyl (C=O) groups excluding carboxylic acids is 3. The molecular weight excluding hydrogens is 294 g/mol. The Balaban J connectivity index is 2.33. The Bertz CT molecular complexity index is 593. The number of amides is 2. The van der Waals surface area contributed by atoms with Crippen LogP contribution in [0.1, 0.15) is 27.1 Å². The third-order valence-corrected chi connectivity index (χ3v) is 4.10. The van der Waals surface area contributed by atoms with E-state index < -0.39 is 34.6 Å². The molecule has 2 rings (SSSR count). The van der Waals surface area contributed by atoms with Crippen LogP contribution in [0, 0.1) is 0 Å². The summed E-state index contributed by atoms with van der Waals surface area (Å²) in [4.78, 5) is 37.5. The fraction of sp³-hybridized carbons (Fsp3) is 0.357. The van der Waals surface area contributed by atoms with Crippen LogP contribution < -0.4 is 0 Å². The molecule has 0 unspecified atom stereocenters. The Kier molecular flexibility index (Phi) is 4.52. The lowest BCUT2D eigenvalue weighted by molar-refractivity contribution is -0.145. The van der Waals surface area contributed by atoms with Crippen molar-refractivity contribution in [1.29, 1.82) is 0 Å². The van der Waals surface area contributed by atoms with E-state index in [1.165, 1.54) is 13.4 Å². The number of methoxy groups -OCH3 is 1. The van der Waals surface area contributed by atoms with Gasteiger partial charge in [-0.15, -0.1) is 0 Å². The Morgan fingerprint density at radius 2 is 1.76 bits per heavy atom. The van der Waals surface area contributed by atoms with Gasteiger partial charge < -0.3 is 4.74 Å². The van der Waals surface area contributed by atoms with Gasteiger partial charge in [-0.2, -0.15) is 0 Å². The molecule has 1 aliphatic rings. The second kappa shape index (κ2) is 6.17. The van der Waals surface area contributed by atoms with E-state index in [1.807, 2.05) is 0 Å². The largest absolute Gasteiger partial charge is 0.467 e. The maximum atomic E-state index is 12.3. The topological polar surface area (TPSA) is 80.8 Å². The average Bonchev–Trinajstić information content (AvgIpc) is 2.72. The van der Waals surface area contributed by atoms with E-state index in [9.17, 15) is 18.6 Å². The predicted octanol–water partition coefficient (Wildman–Crippen LogP) is 0.593. The number of nitrogens with zero attached hydrogens (tertiary/aromatic N) is 1. The van der Waals surface area contributed by atoms with Gasteiger partial charge in [-0.25, -0.2) is 4.79 Å². The molecule has 0 N–H and O–H groups in total. The second-order valence-corrected chi connectivity index (χ2v) is 6.19. The first-order valence-electron chi connectivity index (χ1n) is 6.32. The first-order valence-corrected chi connectivity index (χ1v) is 8.05. The Hall–Kier alpha value is -2.02. The summed E-state index contributed by atoms with van der Waals surface area (Å²) in [5.74, 6) is -1.52. The van der Waals surface area contributed by atoms with Crippen molar-refractivity contribution in [2.24, 2.45) is 0 Å². The number of esters is 1. The van der Waals surface area contributed by atoms with Crippen molar-refractivity contribution < 1.29 is 23.3 Å². The quantitative estimate of drug-likeness (QED) is 0.587. The summed E-state index contributed by atoms with van der Waals surface area (Å²) in [5.41, 5.74) is 0.544. The molecule has 0 spiro atoms. The zero-order valence-electron chi connectivity index (χ0n) is 11.7. The minimum atomic E-state index is -1.13. The number of hydrogen-bond donors (Lipinski definition) is 0. The molecule has 1 heterocycles. The lowest BCUT2D eigenvalue weighted by atomic mass is 10.1. The monoisotopic (exact) mass is 309 g/mol. The molecular formula is C14H15NO5S. The van der Waals surface area contributed by atoms with E-state index in [0.29, 0.717) is 0 Å². The van der Waals surface area contributed by atoms with Crippen LogP contribution in [0.15, 0.2) is 24.3 Å². The van der Waals surface area contributed by atoms with Crippen LogP contribution >= 0.6 is 0 Å². The normalized spacial score (nSPS) is 16.6. The molecule has 1 aromatic rings. The molecule has 2 amide bonds. The summed E-state index contributed by atoms with van der Waals surface area (Å²) in [7, 11) is 0.0563. The molecule has 1 aromatic carbocycles. The number of carbonyl (C=O) groups is 3. The maximum absolute atomic E-state index is 12.3. The molecule has 1 aliphatic heterocycles. The smallest absolute Gasteiger partial charge is 0.329 e. The first-order chi connectivity index (χ1) is 9.97. The summed E-state index contributed by atoms with van der Waals surface area (Å²) >= 11 is 0. The van der Waals surface area contributed by atoms with Crippen LogP contribution in [-0.2, 0) is 20.3 Å². The molecule has 0 bridgehead atoms. The number of rotatable bonds is 5. The molecule has 2 atom stereocenters. The van der Waals surface area contributed by atoms with Gasteiger partial charge in [-0.3, -0.25) is 18.7 Å². The molecule has 112 valence electrons. The fourth-order valence-corrected chi connectivity index (χ4v) is 2.81. The number of benzene rings is 1. The van der Waals surface area contributed by atoms with Gasteiger partial charge in [-0.05, 0) is 18.6 Å². The van der Waals surface area contributed by atoms with Gasteiger partial charge in [0.1, 0.15) is 6.04 Å². The zero-order chi connectivity index (χ0) is 15.6. The highest BCUT2D eigenvalue weighted by atomic mass is 32.2. The van der Waals surface area contributed by atoms with Crippen LogP contribution in [-0.4, -0.2) is 52.1 Å². The average molecular weight is 309 g/mol. The number of ether oxygens (including phenoxy) is 1. The first kappa shape index (κ1) is 15.4. The van der Waals surface area contributed by atoms with Crippen LogP contribution in [0.2, 0.25) is 0 Å². The highest BCUT2D eigenvalue weighted by Gasteiger charge is 2.42. The fourth-order valence-electron chi connectivity index (χ4n) is 2.26. The van der Waals surface area contributed by atoms with Gasteiger partial charge in [0.25, 0.3) is 11.8 Å². The van der Waals surface area contributed by atoms with Crippen molar-refractivity contribution in [3.8, 4) is 0 Å². The van der Waals surface area contributed by atoms with E-state index in [-0.39, 0.29) is 23.3 Å². The highest BCUT2D eigenvalue weighted by Crippen LogP contribution is 2.26. The van der Waals surface area contributed by atoms with Crippen molar-refractivity contribution in [1.82, 2.24) is 4.90 Å². The van der Waals surface area contributed by atoms with E-state index in [0.717, 1.165) is 4.90 Å². The number of fused-ring (bicyclic) bond motifs is 1. The molecule has 0 aromatic heterocycles. The lowest BCUT2D eigenvalue weighted by Crippen LogP contribution is -2.46. The second-order valence-electron chi connectivity index (χ2n) is 4.63. The van der Waals surface area contributed by atoms with Crippen molar-refractivity contribution >= 4 is 28.6 Å². The SMILES string of the molecule is COC(=O)[C@H](CC[S@@](C)=O)N1C(=O)c2ccccc2C1=O. The van der Waals surface area contributed by atoms with Gasteiger partial charge in [0.2, 0.25) is 0 Å². The van der Waals surface area contributed by atoms with E-state index in [4.69, 9.17) is 0 Å². The Morgan fingerprint density at radius 1 is 1.24 bits per heavy atom. The summed E-state index contributed by atoms with van der Waals surface area (Å²) in [6, 6.07) is 5.35.